The van der Waals surface area contributed by atoms with Crippen LogP contribution in [0.5, 0.6) is 0 Å². The SMILES string of the molecule is C=C[C@H]1[C@H](O)[C@H](O)[C@@H](C)[NH+]1Cc1ccccc1.[Cl-]. The van der Waals surface area contributed by atoms with Gasteiger partial charge >= 0.3 is 0 Å². The van der Waals surface area contributed by atoms with Crippen molar-refractivity contribution < 1.29 is 27.5 Å². The van der Waals surface area contributed by atoms with Gasteiger partial charge in [0.25, 0.3) is 0 Å². The molecule has 0 spiro atoms. The molecule has 0 radical (unpaired) electrons. The van der Waals surface area contributed by atoms with Gasteiger partial charge in [0.05, 0.1) is 0 Å². The van der Waals surface area contributed by atoms with Crippen LogP contribution in [0.4, 0.5) is 0 Å². The fraction of sp³-hybridized carbons (Fsp3) is 0.429. The third kappa shape index (κ3) is 2.75. The molecule has 1 aromatic rings. The number of aliphatic hydroxyl groups excluding tert-OH is 2. The normalized spacial score (nSPS) is 34.9. The van der Waals surface area contributed by atoms with Gasteiger partial charge in [-0.25, -0.2) is 0 Å². The van der Waals surface area contributed by atoms with Gasteiger partial charge in [-0.1, -0.05) is 36.9 Å². The van der Waals surface area contributed by atoms with Crippen LogP contribution in [0.15, 0.2) is 43.0 Å². The van der Waals surface area contributed by atoms with Crippen molar-refractivity contribution in [3.8, 4) is 0 Å². The molecule has 0 aliphatic carbocycles. The molecule has 100 valence electrons. The summed E-state index contributed by atoms with van der Waals surface area (Å²) in [4.78, 5) is 1.17. The van der Waals surface area contributed by atoms with Gasteiger partial charge < -0.3 is 27.5 Å². The second-order valence-electron chi connectivity index (χ2n) is 4.77. The molecule has 2 rings (SSSR count). The Hall–Kier alpha value is -0.870. The van der Waals surface area contributed by atoms with E-state index in [0.29, 0.717) is 0 Å². The highest BCUT2D eigenvalue weighted by molar-refractivity contribution is 5.13. The molecule has 3 N–H and O–H groups in total. The van der Waals surface area contributed by atoms with Crippen molar-refractivity contribution >= 4 is 0 Å². The Morgan fingerprint density at radius 1 is 1.22 bits per heavy atom. The molecular formula is C14H20ClNO2. The third-order valence-electron chi connectivity index (χ3n) is 3.75. The molecular weight excluding hydrogens is 250 g/mol. The van der Waals surface area contributed by atoms with Crippen LogP contribution in [-0.4, -0.2) is 34.5 Å². The van der Waals surface area contributed by atoms with Crippen molar-refractivity contribution in [1.29, 1.82) is 0 Å². The van der Waals surface area contributed by atoms with Gasteiger partial charge in [0.15, 0.2) is 0 Å². The molecule has 0 aromatic heterocycles. The van der Waals surface area contributed by atoms with E-state index in [2.05, 4.69) is 18.7 Å². The highest BCUT2D eigenvalue weighted by atomic mass is 35.5. The summed E-state index contributed by atoms with van der Waals surface area (Å²) in [5.74, 6) is 0. The van der Waals surface area contributed by atoms with Crippen molar-refractivity contribution in [3.63, 3.8) is 0 Å². The summed E-state index contributed by atoms with van der Waals surface area (Å²) < 4.78 is 0. The number of hydrogen-bond donors (Lipinski definition) is 3. The zero-order valence-electron chi connectivity index (χ0n) is 10.5. The predicted molar refractivity (Wildman–Crippen MR) is 66.6 cm³/mol. The molecule has 3 nitrogen and oxygen atoms in total. The van der Waals surface area contributed by atoms with Crippen molar-refractivity contribution in [1.82, 2.24) is 0 Å². The first kappa shape index (κ1) is 15.2. The van der Waals surface area contributed by atoms with E-state index < -0.39 is 12.2 Å². The lowest BCUT2D eigenvalue weighted by Gasteiger charge is -2.23. The van der Waals surface area contributed by atoms with E-state index in [1.54, 1.807) is 6.08 Å². The first-order chi connectivity index (χ1) is 8.15. The zero-order valence-corrected chi connectivity index (χ0v) is 11.2. The monoisotopic (exact) mass is 269 g/mol. The summed E-state index contributed by atoms with van der Waals surface area (Å²) in [5.41, 5.74) is 1.21. The van der Waals surface area contributed by atoms with Gasteiger partial charge in [0, 0.05) is 5.56 Å². The summed E-state index contributed by atoms with van der Waals surface area (Å²) in [6.07, 6.45) is 0.369. The number of nitrogens with one attached hydrogen (secondary N) is 1. The number of benzene rings is 1. The van der Waals surface area contributed by atoms with Gasteiger partial charge in [0.2, 0.25) is 0 Å². The first-order valence-corrected chi connectivity index (χ1v) is 6.03. The summed E-state index contributed by atoms with van der Waals surface area (Å²) in [6, 6.07) is 10.1. The quantitative estimate of drug-likeness (QED) is 0.505. The minimum Gasteiger partial charge on any atom is -1.00 e. The number of rotatable bonds is 3. The topological polar surface area (TPSA) is 44.9 Å². The van der Waals surface area contributed by atoms with Crippen molar-refractivity contribution in [3.05, 3.63) is 48.6 Å². The van der Waals surface area contributed by atoms with Crippen LogP contribution in [0.1, 0.15) is 12.5 Å². The number of hydrogen-bond acceptors (Lipinski definition) is 2. The van der Waals surface area contributed by atoms with Crippen LogP contribution in [-0.2, 0) is 6.54 Å². The van der Waals surface area contributed by atoms with E-state index in [1.807, 2.05) is 25.1 Å². The predicted octanol–water partition coefficient (Wildman–Crippen LogP) is -3.25. The highest BCUT2D eigenvalue weighted by Crippen LogP contribution is 2.11. The Morgan fingerprint density at radius 3 is 2.39 bits per heavy atom. The lowest BCUT2D eigenvalue weighted by atomic mass is 10.1. The van der Waals surface area contributed by atoms with Crippen LogP contribution < -0.4 is 17.3 Å². The van der Waals surface area contributed by atoms with Crippen LogP contribution in [0.2, 0.25) is 0 Å². The fourth-order valence-corrected chi connectivity index (χ4v) is 2.65. The van der Waals surface area contributed by atoms with E-state index in [9.17, 15) is 10.2 Å². The van der Waals surface area contributed by atoms with Crippen LogP contribution in [0, 0.1) is 0 Å². The standard InChI is InChI=1S/C14H19NO2.ClH/c1-3-12-14(17)13(16)10(2)15(12)9-11-7-5-4-6-8-11;/h3-8,10,12-14,16-17H,1,9H2,2H3;1H/t10-,12+,13-,14+;/m1./s1. The zero-order chi connectivity index (χ0) is 12.4. The van der Waals surface area contributed by atoms with Gasteiger partial charge in [0.1, 0.15) is 30.8 Å². The van der Waals surface area contributed by atoms with E-state index in [-0.39, 0.29) is 24.5 Å². The van der Waals surface area contributed by atoms with Crippen molar-refractivity contribution in [2.24, 2.45) is 0 Å². The number of aliphatic hydroxyl groups is 2. The first-order valence-electron chi connectivity index (χ1n) is 6.03. The molecule has 0 amide bonds. The van der Waals surface area contributed by atoms with E-state index in [0.717, 1.165) is 6.54 Å². The lowest BCUT2D eigenvalue weighted by molar-refractivity contribution is -0.943. The summed E-state index contributed by atoms with van der Waals surface area (Å²) >= 11 is 0. The Bertz CT molecular complexity index is 385. The number of quaternary nitrogens is 1. The molecule has 0 saturated carbocycles. The molecule has 1 heterocycles. The Labute approximate surface area is 114 Å². The van der Waals surface area contributed by atoms with E-state index in [4.69, 9.17) is 0 Å². The summed E-state index contributed by atoms with van der Waals surface area (Å²) in [7, 11) is 0. The Kier molecular flexibility index (Phi) is 5.35. The second-order valence-corrected chi connectivity index (χ2v) is 4.77. The maximum absolute atomic E-state index is 9.93. The Balaban J connectivity index is 0.00000162. The smallest absolute Gasteiger partial charge is 0.141 e. The van der Waals surface area contributed by atoms with Crippen molar-refractivity contribution in [2.75, 3.05) is 0 Å². The molecule has 1 saturated heterocycles. The van der Waals surface area contributed by atoms with E-state index in [1.165, 1.54) is 10.5 Å². The van der Waals surface area contributed by atoms with E-state index >= 15 is 0 Å². The van der Waals surface area contributed by atoms with Gasteiger partial charge in [-0.05, 0) is 13.0 Å². The molecule has 1 unspecified atom stereocenters. The lowest BCUT2D eigenvalue weighted by Crippen LogP contribution is -3.16. The number of halogens is 1. The van der Waals surface area contributed by atoms with Crippen molar-refractivity contribution in [2.45, 2.75) is 37.8 Å². The molecule has 1 fully saturated rings. The average Bonchev–Trinajstić information content (AvgIpc) is 2.55. The maximum atomic E-state index is 9.93. The largest absolute Gasteiger partial charge is 1.00 e. The molecule has 1 aliphatic rings. The number of likely N-dealkylation sites (tertiary alicyclic amines) is 1. The second kappa shape index (κ2) is 6.34. The summed E-state index contributed by atoms with van der Waals surface area (Å²) in [5, 5.41) is 19.8. The fourth-order valence-electron chi connectivity index (χ4n) is 2.65. The molecule has 1 aromatic carbocycles. The molecule has 1 aliphatic heterocycles. The van der Waals surface area contributed by atoms with Crippen LogP contribution in [0.3, 0.4) is 0 Å². The molecule has 5 atom stereocenters. The average molecular weight is 270 g/mol. The maximum Gasteiger partial charge on any atom is 0.141 e. The van der Waals surface area contributed by atoms with Crippen LogP contribution >= 0.6 is 0 Å². The third-order valence-corrected chi connectivity index (χ3v) is 3.75. The highest BCUT2D eigenvalue weighted by Gasteiger charge is 2.47. The van der Waals surface area contributed by atoms with Gasteiger partial charge in [-0.15, -0.1) is 0 Å². The van der Waals surface area contributed by atoms with Crippen LogP contribution in [0.25, 0.3) is 0 Å². The summed E-state index contributed by atoms with van der Waals surface area (Å²) in [6.45, 7) is 6.53. The van der Waals surface area contributed by atoms with Gasteiger partial charge in [-0.2, -0.15) is 0 Å². The Morgan fingerprint density at radius 2 is 1.83 bits per heavy atom. The van der Waals surface area contributed by atoms with Gasteiger partial charge in [-0.3, -0.25) is 0 Å². The minimum absolute atomic E-state index is 0. The minimum atomic E-state index is -0.707. The molecule has 18 heavy (non-hydrogen) atoms. The molecule has 0 bridgehead atoms. The molecule has 4 heteroatoms.